The van der Waals surface area contributed by atoms with E-state index in [-0.39, 0.29) is 5.43 Å². The molecule has 0 aliphatic rings. The van der Waals surface area contributed by atoms with Crippen molar-refractivity contribution >= 4 is 49.5 Å². The van der Waals surface area contributed by atoms with Crippen LogP contribution in [0.2, 0.25) is 5.02 Å². The smallest absolute Gasteiger partial charge is 0.200 e. The summed E-state index contributed by atoms with van der Waals surface area (Å²) in [4.78, 5) is 12.3. The molecule has 0 fully saturated rings. The van der Waals surface area contributed by atoms with Gasteiger partial charge in [0.2, 0.25) is 5.43 Å². The fourth-order valence-corrected chi connectivity index (χ4v) is 2.96. The van der Waals surface area contributed by atoms with E-state index in [1.165, 1.54) is 0 Å². The first-order chi connectivity index (χ1) is 8.72. The van der Waals surface area contributed by atoms with Crippen LogP contribution in [-0.4, -0.2) is 0 Å². The first kappa shape index (κ1) is 11.8. The Bertz CT molecular complexity index is 808. The maximum atomic E-state index is 12.3. The fourth-order valence-electron chi connectivity index (χ4n) is 2.02. The van der Waals surface area contributed by atoms with Gasteiger partial charge in [-0.15, -0.1) is 0 Å². The number of benzene rings is 2. The minimum atomic E-state index is -0.0225. The van der Waals surface area contributed by atoms with Crippen molar-refractivity contribution in [3.63, 3.8) is 0 Å². The Morgan fingerprint density at radius 1 is 1.11 bits per heavy atom. The molecule has 18 heavy (non-hydrogen) atoms. The van der Waals surface area contributed by atoms with Crippen LogP contribution in [0.25, 0.3) is 21.9 Å². The van der Waals surface area contributed by atoms with Crippen LogP contribution in [0.1, 0.15) is 5.56 Å². The van der Waals surface area contributed by atoms with E-state index in [0.29, 0.717) is 32.3 Å². The maximum Gasteiger partial charge on any atom is 0.200 e. The Balaban J connectivity index is 2.60. The minimum absolute atomic E-state index is 0.0225. The summed E-state index contributed by atoms with van der Waals surface area (Å²) in [5.74, 6) is 0. The van der Waals surface area contributed by atoms with Gasteiger partial charge in [-0.2, -0.15) is 0 Å². The SMILES string of the molecule is O=c1c2ccccc2oc2c(CBr)c(Cl)ccc12. The molecule has 0 atom stereocenters. The highest BCUT2D eigenvalue weighted by atomic mass is 79.9. The fraction of sp³-hybridized carbons (Fsp3) is 0.0714. The van der Waals surface area contributed by atoms with Crippen LogP contribution in [0, 0.1) is 0 Å². The molecule has 0 N–H and O–H groups in total. The summed E-state index contributed by atoms with van der Waals surface area (Å²) in [7, 11) is 0. The highest BCUT2D eigenvalue weighted by Gasteiger charge is 2.12. The minimum Gasteiger partial charge on any atom is -0.455 e. The maximum absolute atomic E-state index is 12.3. The lowest BCUT2D eigenvalue weighted by molar-refractivity contribution is 0.656. The van der Waals surface area contributed by atoms with E-state index in [1.54, 1.807) is 24.3 Å². The zero-order valence-corrected chi connectivity index (χ0v) is 11.6. The molecule has 0 bridgehead atoms. The Morgan fingerprint density at radius 3 is 2.67 bits per heavy atom. The second-order valence-electron chi connectivity index (χ2n) is 3.96. The Morgan fingerprint density at radius 2 is 1.89 bits per heavy atom. The van der Waals surface area contributed by atoms with E-state index in [2.05, 4.69) is 15.9 Å². The summed E-state index contributed by atoms with van der Waals surface area (Å²) < 4.78 is 5.82. The normalized spacial score (nSPS) is 11.2. The van der Waals surface area contributed by atoms with Crippen molar-refractivity contribution in [1.29, 1.82) is 0 Å². The van der Waals surface area contributed by atoms with Gasteiger partial charge in [0, 0.05) is 15.9 Å². The van der Waals surface area contributed by atoms with Crippen LogP contribution in [0.3, 0.4) is 0 Å². The molecule has 0 unspecified atom stereocenters. The average Bonchev–Trinajstić information content (AvgIpc) is 2.39. The van der Waals surface area contributed by atoms with Gasteiger partial charge in [0.1, 0.15) is 11.2 Å². The average molecular weight is 324 g/mol. The van der Waals surface area contributed by atoms with Gasteiger partial charge in [-0.05, 0) is 24.3 Å². The summed E-state index contributed by atoms with van der Waals surface area (Å²) >= 11 is 9.49. The van der Waals surface area contributed by atoms with Gasteiger partial charge in [0.15, 0.2) is 0 Å². The van der Waals surface area contributed by atoms with Crippen LogP contribution in [0.4, 0.5) is 0 Å². The van der Waals surface area contributed by atoms with Gasteiger partial charge >= 0.3 is 0 Å². The molecule has 0 saturated heterocycles. The molecule has 0 radical (unpaired) electrons. The highest BCUT2D eigenvalue weighted by Crippen LogP contribution is 2.28. The van der Waals surface area contributed by atoms with Crippen molar-refractivity contribution in [3.05, 3.63) is 57.2 Å². The van der Waals surface area contributed by atoms with Gasteiger partial charge in [0.05, 0.1) is 10.8 Å². The number of halogens is 2. The summed E-state index contributed by atoms with van der Waals surface area (Å²) in [6, 6.07) is 10.7. The molecule has 4 heteroatoms. The third kappa shape index (κ3) is 1.66. The molecule has 0 spiro atoms. The van der Waals surface area contributed by atoms with Crippen molar-refractivity contribution < 1.29 is 4.42 Å². The predicted octanol–water partition coefficient (Wildman–Crippen LogP) is 4.49. The Kier molecular flexibility index (Phi) is 2.88. The van der Waals surface area contributed by atoms with E-state index in [0.717, 1.165) is 5.56 Å². The molecule has 2 aromatic carbocycles. The molecule has 0 aliphatic heterocycles. The van der Waals surface area contributed by atoms with Crippen molar-refractivity contribution in [2.24, 2.45) is 0 Å². The molecular weight excluding hydrogens is 316 g/mol. The van der Waals surface area contributed by atoms with E-state index in [4.69, 9.17) is 16.0 Å². The van der Waals surface area contributed by atoms with Gasteiger partial charge in [-0.3, -0.25) is 4.79 Å². The second-order valence-corrected chi connectivity index (χ2v) is 4.93. The third-order valence-corrected chi connectivity index (χ3v) is 3.84. The van der Waals surface area contributed by atoms with Crippen molar-refractivity contribution in [2.75, 3.05) is 0 Å². The second kappa shape index (κ2) is 4.41. The van der Waals surface area contributed by atoms with Gasteiger partial charge < -0.3 is 4.42 Å². The van der Waals surface area contributed by atoms with E-state index in [9.17, 15) is 4.79 Å². The van der Waals surface area contributed by atoms with Crippen LogP contribution in [0.5, 0.6) is 0 Å². The molecule has 0 saturated carbocycles. The molecule has 3 rings (SSSR count). The quantitative estimate of drug-likeness (QED) is 0.488. The standard InChI is InChI=1S/C14H8BrClO2/c15-7-10-11(16)6-5-9-13(17)8-3-1-2-4-12(8)18-14(9)10/h1-6H,7H2. The molecule has 1 aromatic heterocycles. The summed E-state index contributed by atoms with van der Waals surface area (Å²) in [5.41, 5.74) is 1.92. The predicted molar refractivity (Wildman–Crippen MR) is 77.6 cm³/mol. The number of alkyl halides is 1. The number of hydrogen-bond donors (Lipinski definition) is 0. The molecule has 90 valence electrons. The van der Waals surface area contributed by atoms with Gasteiger partial charge in [0.25, 0.3) is 0 Å². The number of rotatable bonds is 1. The first-order valence-electron chi connectivity index (χ1n) is 5.41. The summed E-state index contributed by atoms with van der Waals surface area (Å²) in [6.07, 6.45) is 0. The van der Waals surface area contributed by atoms with Crippen molar-refractivity contribution in [3.8, 4) is 0 Å². The zero-order valence-electron chi connectivity index (χ0n) is 9.24. The van der Waals surface area contributed by atoms with Crippen molar-refractivity contribution in [2.45, 2.75) is 5.33 Å². The van der Waals surface area contributed by atoms with Crippen LogP contribution in [0.15, 0.2) is 45.6 Å². The zero-order chi connectivity index (χ0) is 12.7. The largest absolute Gasteiger partial charge is 0.455 e. The van der Waals surface area contributed by atoms with Crippen LogP contribution in [-0.2, 0) is 5.33 Å². The lowest BCUT2D eigenvalue weighted by atomic mass is 10.1. The molecule has 2 nitrogen and oxygen atoms in total. The highest BCUT2D eigenvalue weighted by molar-refractivity contribution is 9.08. The van der Waals surface area contributed by atoms with Crippen LogP contribution < -0.4 is 5.43 Å². The van der Waals surface area contributed by atoms with Gasteiger partial charge in [-0.25, -0.2) is 0 Å². The molecular formula is C14H8BrClO2. The Hall–Kier alpha value is -1.32. The number of para-hydroxylation sites is 1. The van der Waals surface area contributed by atoms with E-state index < -0.39 is 0 Å². The van der Waals surface area contributed by atoms with E-state index in [1.807, 2.05) is 12.1 Å². The number of hydrogen-bond acceptors (Lipinski definition) is 2. The lowest BCUT2D eigenvalue weighted by Gasteiger charge is -2.06. The van der Waals surface area contributed by atoms with E-state index >= 15 is 0 Å². The lowest BCUT2D eigenvalue weighted by Crippen LogP contribution is -2.03. The Labute approximate surface area is 116 Å². The van der Waals surface area contributed by atoms with Crippen LogP contribution >= 0.6 is 27.5 Å². The monoisotopic (exact) mass is 322 g/mol. The summed E-state index contributed by atoms with van der Waals surface area (Å²) in [5, 5.41) is 2.29. The molecule has 0 amide bonds. The number of fused-ring (bicyclic) bond motifs is 2. The summed E-state index contributed by atoms with van der Waals surface area (Å²) in [6.45, 7) is 0. The molecule has 0 aliphatic carbocycles. The topological polar surface area (TPSA) is 30.2 Å². The first-order valence-corrected chi connectivity index (χ1v) is 6.91. The molecule has 3 aromatic rings. The molecule has 1 heterocycles. The van der Waals surface area contributed by atoms with Crippen molar-refractivity contribution in [1.82, 2.24) is 0 Å². The van der Waals surface area contributed by atoms with Gasteiger partial charge in [-0.1, -0.05) is 39.7 Å². The third-order valence-electron chi connectivity index (χ3n) is 2.93.